The minimum Gasteiger partial charge on any atom is -0.467 e. The van der Waals surface area contributed by atoms with Crippen molar-refractivity contribution in [2.24, 2.45) is 0 Å². The number of rotatable bonds is 5. The Bertz CT molecular complexity index is 610. The van der Waals surface area contributed by atoms with E-state index in [0.29, 0.717) is 13.1 Å². The summed E-state index contributed by atoms with van der Waals surface area (Å²) in [6.45, 7) is 1.19. The summed E-state index contributed by atoms with van der Waals surface area (Å²) >= 11 is 0. The molecule has 0 radical (unpaired) electrons. The minimum atomic E-state index is -0.216. The third kappa shape index (κ3) is 3.47. The molecule has 2 amide bonds. The number of nitrogens with one attached hydrogen (secondary N) is 2. The van der Waals surface area contributed by atoms with Crippen LogP contribution < -0.4 is 20.1 Å². The van der Waals surface area contributed by atoms with Crippen LogP contribution in [-0.2, 0) is 13.0 Å². The Morgan fingerprint density at radius 2 is 2.05 bits per heavy atom. The molecule has 3 rings (SSSR count). The summed E-state index contributed by atoms with van der Waals surface area (Å²) < 4.78 is 15.7. The second-order valence-corrected chi connectivity index (χ2v) is 4.63. The smallest absolute Gasteiger partial charge is 0.315 e. The summed E-state index contributed by atoms with van der Waals surface area (Å²) in [5.41, 5.74) is 1.09. The van der Waals surface area contributed by atoms with Gasteiger partial charge in [-0.1, -0.05) is 6.07 Å². The van der Waals surface area contributed by atoms with Crippen molar-refractivity contribution in [1.82, 2.24) is 10.6 Å². The molecule has 110 valence electrons. The first-order valence-corrected chi connectivity index (χ1v) is 6.74. The van der Waals surface area contributed by atoms with Crippen molar-refractivity contribution in [3.63, 3.8) is 0 Å². The standard InChI is InChI=1S/C15H16N2O4/c18-15(17-9-12-2-1-7-19-12)16-6-5-11-3-4-13-14(8-11)21-10-20-13/h1-4,7-8H,5-6,9-10H2,(H2,16,17,18). The van der Waals surface area contributed by atoms with Crippen LogP contribution in [0.4, 0.5) is 4.79 Å². The van der Waals surface area contributed by atoms with Gasteiger partial charge in [0.15, 0.2) is 11.5 Å². The van der Waals surface area contributed by atoms with Crippen LogP contribution in [0.1, 0.15) is 11.3 Å². The minimum absolute atomic E-state index is 0.216. The molecule has 21 heavy (non-hydrogen) atoms. The van der Waals surface area contributed by atoms with Crippen molar-refractivity contribution in [3.8, 4) is 11.5 Å². The molecule has 1 aromatic carbocycles. The van der Waals surface area contributed by atoms with E-state index in [1.165, 1.54) is 0 Å². The van der Waals surface area contributed by atoms with Crippen molar-refractivity contribution < 1.29 is 18.7 Å². The molecular formula is C15H16N2O4. The Morgan fingerprint density at radius 1 is 1.14 bits per heavy atom. The second-order valence-electron chi connectivity index (χ2n) is 4.63. The zero-order valence-corrected chi connectivity index (χ0v) is 11.4. The highest BCUT2D eigenvalue weighted by molar-refractivity contribution is 5.73. The Kier molecular flexibility index (Phi) is 3.95. The number of hydrogen-bond donors (Lipinski definition) is 2. The van der Waals surface area contributed by atoms with Crippen LogP contribution in [0.3, 0.4) is 0 Å². The molecule has 0 saturated heterocycles. The normalized spacial score (nSPS) is 12.2. The van der Waals surface area contributed by atoms with Crippen LogP contribution in [0.2, 0.25) is 0 Å². The third-order valence-electron chi connectivity index (χ3n) is 3.14. The summed E-state index contributed by atoms with van der Waals surface area (Å²) in [5.74, 6) is 2.25. The van der Waals surface area contributed by atoms with Crippen molar-refractivity contribution in [1.29, 1.82) is 0 Å². The summed E-state index contributed by atoms with van der Waals surface area (Å²) in [6, 6.07) is 9.17. The number of ether oxygens (including phenoxy) is 2. The highest BCUT2D eigenvalue weighted by Gasteiger charge is 2.13. The zero-order chi connectivity index (χ0) is 14.5. The highest BCUT2D eigenvalue weighted by atomic mass is 16.7. The SMILES string of the molecule is O=C(NCCc1ccc2c(c1)OCO2)NCc1ccco1. The fourth-order valence-corrected chi connectivity index (χ4v) is 2.06. The molecule has 2 N–H and O–H groups in total. The summed E-state index contributed by atoms with van der Waals surface area (Å²) in [4.78, 5) is 11.6. The van der Waals surface area contributed by atoms with E-state index in [9.17, 15) is 4.79 Å². The Hall–Kier alpha value is -2.63. The van der Waals surface area contributed by atoms with Gasteiger partial charge in [-0.05, 0) is 36.2 Å². The number of carbonyl (C=O) groups excluding carboxylic acids is 1. The summed E-state index contributed by atoms with van der Waals surface area (Å²) in [7, 11) is 0. The molecule has 1 aliphatic heterocycles. The molecule has 0 unspecified atom stereocenters. The van der Waals surface area contributed by atoms with Gasteiger partial charge in [0, 0.05) is 6.54 Å². The van der Waals surface area contributed by atoms with E-state index in [2.05, 4.69) is 10.6 Å². The molecule has 0 bridgehead atoms. The van der Waals surface area contributed by atoms with Crippen molar-refractivity contribution >= 4 is 6.03 Å². The van der Waals surface area contributed by atoms with Crippen LogP contribution in [0.5, 0.6) is 11.5 Å². The lowest BCUT2D eigenvalue weighted by atomic mass is 10.1. The van der Waals surface area contributed by atoms with E-state index >= 15 is 0 Å². The van der Waals surface area contributed by atoms with E-state index in [1.54, 1.807) is 12.3 Å². The number of benzene rings is 1. The van der Waals surface area contributed by atoms with E-state index < -0.39 is 0 Å². The highest BCUT2D eigenvalue weighted by Crippen LogP contribution is 2.32. The quantitative estimate of drug-likeness (QED) is 0.883. The number of furan rings is 1. The number of hydrogen-bond acceptors (Lipinski definition) is 4. The molecule has 2 heterocycles. The van der Waals surface area contributed by atoms with Crippen LogP contribution in [0.25, 0.3) is 0 Å². The monoisotopic (exact) mass is 288 g/mol. The second kappa shape index (κ2) is 6.21. The van der Waals surface area contributed by atoms with Gasteiger partial charge < -0.3 is 24.5 Å². The van der Waals surface area contributed by atoms with Gasteiger partial charge >= 0.3 is 6.03 Å². The van der Waals surface area contributed by atoms with Crippen molar-refractivity contribution in [2.75, 3.05) is 13.3 Å². The number of carbonyl (C=O) groups is 1. The largest absolute Gasteiger partial charge is 0.467 e. The summed E-state index contributed by atoms with van der Waals surface area (Å²) in [5, 5.41) is 5.52. The molecular weight excluding hydrogens is 272 g/mol. The fraction of sp³-hybridized carbons (Fsp3) is 0.267. The molecule has 6 heteroatoms. The molecule has 1 aliphatic rings. The predicted molar refractivity (Wildman–Crippen MR) is 75.2 cm³/mol. The van der Waals surface area contributed by atoms with E-state index in [-0.39, 0.29) is 12.8 Å². The van der Waals surface area contributed by atoms with Crippen molar-refractivity contribution in [2.45, 2.75) is 13.0 Å². The van der Waals surface area contributed by atoms with Gasteiger partial charge in [0.05, 0.1) is 12.8 Å². The maximum atomic E-state index is 11.6. The number of amides is 2. The molecule has 0 spiro atoms. The van der Waals surface area contributed by atoms with E-state index in [0.717, 1.165) is 29.2 Å². The number of urea groups is 1. The van der Waals surface area contributed by atoms with E-state index in [1.807, 2.05) is 24.3 Å². The molecule has 2 aromatic rings. The first-order valence-electron chi connectivity index (χ1n) is 6.74. The molecule has 0 saturated carbocycles. The topological polar surface area (TPSA) is 72.7 Å². The summed E-state index contributed by atoms with van der Waals surface area (Å²) in [6.07, 6.45) is 2.30. The first-order chi connectivity index (χ1) is 10.3. The van der Waals surface area contributed by atoms with Gasteiger partial charge in [0.2, 0.25) is 6.79 Å². The Morgan fingerprint density at radius 3 is 2.90 bits per heavy atom. The molecule has 0 fully saturated rings. The van der Waals surface area contributed by atoms with Gasteiger partial charge in [0.25, 0.3) is 0 Å². The van der Waals surface area contributed by atoms with Gasteiger partial charge in [-0.15, -0.1) is 0 Å². The predicted octanol–water partition coefficient (Wildman–Crippen LogP) is 2.05. The fourth-order valence-electron chi connectivity index (χ4n) is 2.06. The van der Waals surface area contributed by atoms with Gasteiger partial charge in [-0.2, -0.15) is 0 Å². The average molecular weight is 288 g/mol. The van der Waals surface area contributed by atoms with Crippen LogP contribution in [0.15, 0.2) is 41.0 Å². The maximum Gasteiger partial charge on any atom is 0.315 e. The number of fused-ring (bicyclic) bond motifs is 1. The van der Waals surface area contributed by atoms with Crippen LogP contribution in [-0.4, -0.2) is 19.4 Å². The average Bonchev–Trinajstić information content (AvgIpc) is 3.16. The van der Waals surface area contributed by atoms with Crippen LogP contribution in [0, 0.1) is 0 Å². The lowest BCUT2D eigenvalue weighted by molar-refractivity contribution is 0.174. The van der Waals surface area contributed by atoms with E-state index in [4.69, 9.17) is 13.9 Å². The molecule has 1 aromatic heterocycles. The zero-order valence-electron chi connectivity index (χ0n) is 11.4. The molecule has 0 aliphatic carbocycles. The maximum absolute atomic E-state index is 11.6. The Balaban J connectivity index is 1.40. The lowest BCUT2D eigenvalue weighted by Crippen LogP contribution is -2.36. The van der Waals surface area contributed by atoms with Crippen LogP contribution >= 0.6 is 0 Å². The first kappa shape index (κ1) is 13.4. The lowest BCUT2D eigenvalue weighted by Gasteiger charge is -2.07. The van der Waals surface area contributed by atoms with Gasteiger partial charge in [0.1, 0.15) is 5.76 Å². The van der Waals surface area contributed by atoms with Gasteiger partial charge in [-0.25, -0.2) is 4.79 Å². The molecule has 6 nitrogen and oxygen atoms in total. The third-order valence-corrected chi connectivity index (χ3v) is 3.14. The van der Waals surface area contributed by atoms with Crippen molar-refractivity contribution in [3.05, 3.63) is 47.9 Å². The van der Waals surface area contributed by atoms with Gasteiger partial charge in [-0.3, -0.25) is 0 Å². The molecule has 0 atom stereocenters. The Labute approximate surface area is 122 Å².